The van der Waals surface area contributed by atoms with Gasteiger partial charge in [0, 0.05) is 10.2 Å². The molecule has 0 spiro atoms. The van der Waals surface area contributed by atoms with E-state index in [-0.39, 0.29) is 5.78 Å². The van der Waals surface area contributed by atoms with E-state index in [0.29, 0.717) is 0 Å². The van der Waals surface area contributed by atoms with E-state index >= 15 is 0 Å². The first-order valence-electron chi connectivity index (χ1n) is 4.47. The molecule has 1 nitrogen and oxygen atoms in total. The maximum atomic E-state index is 11.3. The van der Waals surface area contributed by atoms with Gasteiger partial charge in [-0.3, -0.25) is 4.79 Å². The highest BCUT2D eigenvalue weighted by atomic mass is 79.9. The van der Waals surface area contributed by atoms with E-state index in [1.165, 1.54) is 6.92 Å². The molecule has 1 aromatic rings. The molecule has 0 aliphatic rings. The molecule has 1 atom stereocenters. The second-order valence-corrected chi connectivity index (χ2v) is 5.03. The predicted octanol–water partition coefficient (Wildman–Crippen LogP) is 4.17. The number of benzene rings is 1. The molecule has 1 rings (SSSR count). The summed E-state index contributed by atoms with van der Waals surface area (Å²) in [5, 5.41) is 0.238. The first-order valence-corrected chi connectivity index (χ1v) is 7.25. The average Bonchev–Trinajstić information content (AvgIpc) is 2.27. The van der Waals surface area contributed by atoms with Crippen LogP contribution in [0.2, 0.25) is 0 Å². The molecule has 1 aromatic carbocycles. The Bertz CT molecular complexity index is 368. The minimum atomic E-state index is -0.536. The first-order chi connectivity index (χ1) is 7.10. The van der Waals surface area contributed by atoms with Crippen molar-refractivity contribution in [3.05, 3.63) is 29.3 Å². The average molecular weight is 308 g/mol. The van der Waals surface area contributed by atoms with Crippen LogP contribution in [0.5, 0.6) is 0 Å². The summed E-state index contributed by atoms with van der Waals surface area (Å²) in [6.45, 7) is 1.52. The molecule has 0 saturated heterocycles. The van der Waals surface area contributed by atoms with Crippen molar-refractivity contribution >= 4 is 45.1 Å². The van der Waals surface area contributed by atoms with Gasteiger partial charge in [-0.15, -0.1) is 23.4 Å². The number of thioether (sulfide) groups is 1. The lowest BCUT2D eigenvalue weighted by Crippen LogP contribution is -2.03. The molecule has 4 heteroatoms. The number of rotatable bonds is 4. The summed E-state index contributed by atoms with van der Waals surface area (Å²) in [4.78, 5) is 12.3. The van der Waals surface area contributed by atoms with E-state index in [4.69, 9.17) is 11.6 Å². The molecule has 0 heterocycles. The number of Topliss-reactive ketones (excluding diaryl/α,β-unsaturated/α-hetero) is 1. The summed E-state index contributed by atoms with van der Waals surface area (Å²) in [5.41, 5.74) is 2.04. The third-order valence-corrected chi connectivity index (χ3v) is 4.08. The highest BCUT2D eigenvalue weighted by molar-refractivity contribution is 9.08. The molecule has 0 fully saturated rings. The van der Waals surface area contributed by atoms with Gasteiger partial charge in [-0.05, 0) is 30.4 Å². The molecule has 0 aliphatic heterocycles. The summed E-state index contributed by atoms with van der Waals surface area (Å²) in [6.07, 6.45) is 1.98. The number of alkyl halides is 2. The van der Waals surface area contributed by atoms with Crippen LogP contribution in [0.4, 0.5) is 0 Å². The van der Waals surface area contributed by atoms with E-state index in [1.807, 2.05) is 24.5 Å². The van der Waals surface area contributed by atoms with Crippen molar-refractivity contribution in [3.63, 3.8) is 0 Å². The third-order valence-electron chi connectivity index (χ3n) is 2.08. The second-order valence-electron chi connectivity index (χ2n) is 3.18. The molecule has 82 valence electrons. The fourth-order valence-electron chi connectivity index (χ4n) is 1.28. The summed E-state index contributed by atoms with van der Waals surface area (Å²) < 4.78 is 0. The highest BCUT2D eigenvalue weighted by Crippen LogP contribution is 2.31. The van der Waals surface area contributed by atoms with Crippen molar-refractivity contribution in [1.29, 1.82) is 0 Å². The summed E-state index contributed by atoms with van der Waals surface area (Å²) in [6, 6.07) is 6.03. The van der Waals surface area contributed by atoms with Crippen LogP contribution in [-0.4, -0.2) is 12.0 Å². The van der Waals surface area contributed by atoms with Crippen molar-refractivity contribution in [2.45, 2.75) is 22.5 Å². The largest absolute Gasteiger partial charge is 0.298 e. The molecule has 0 aromatic heterocycles. The van der Waals surface area contributed by atoms with E-state index in [1.54, 1.807) is 11.8 Å². The lowest BCUT2D eigenvalue weighted by Gasteiger charge is -2.12. The number of carbonyl (C=O) groups is 1. The molecule has 0 aliphatic carbocycles. The predicted molar refractivity (Wildman–Crippen MR) is 70.1 cm³/mol. The quantitative estimate of drug-likeness (QED) is 0.613. The Labute approximate surface area is 108 Å². The molecule has 0 amide bonds. The summed E-state index contributed by atoms with van der Waals surface area (Å²) in [7, 11) is 0. The number of hydrogen-bond acceptors (Lipinski definition) is 2. The van der Waals surface area contributed by atoms with Crippen LogP contribution >= 0.6 is 39.3 Å². The van der Waals surface area contributed by atoms with Crippen LogP contribution in [0.3, 0.4) is 0 Å². The smallest absolute Gasteiger partial charge is 0.152 e. The Balaban J connectivity index is 3.16. The van der Waals surface area contributed by atoms with Crippen LogP contribution in [0, 0.1) is 0 Å². The molecule has 0 N–H and O–H groups in total. The van der Waals surface area contributed by atoms with Gasteiger partial charge in [0.2, 0.25) is 0 Å². The Hall–Kier alpha value is 0.01000. The maximum absolute atomic E-state index is 11.3. The van der Waals surface area contributed by atoms with Gasteiger partial charge in [0.25, 0.3) is 0 Å². The first kappa shape index (κ1) is 13.1. The lowest BCUT2D eigenvalue weighted by molar-refractivity contribution is -0.116. The van der Waals surface area contributed by atoms with Crippen molar-refractivity contribution in [1.82, 2.24) is 0 Å². The molecular weight excluding hydrogens is 296 g/mol. The standard InChI is InChI=1S/C11H12BrClOS/c1-7(14)11(13)9-5-8(6-12)3-4-10(9)15-2/h3-5,11H,6H2,1-2H3. The van der Waals surface area contributed by atoms with Crippen LogP contribution in [0.1, 0.15) is 23.4 Å². The van der Waals surface area contributed by atoms with Gasteiger partial charge in [-0.2, -0.15) is 0 Å². The zero-order chi connectivity index (χ0) is 11.4. The monoisotopic (exact) mass is 306 g/mol. The minimum absolute atomic E-state index is 0.0151. The fourth-order valence-corrected chi connectivity index (χ4v) is 2.49. The molecule has 0 bridgehead atoms. The lowest BCUT2D eigenvalue weighted by atomic mass is 10.1. The van der Waals surface area contributed by atoms with Crippen molar-refractivity contribution in [2.75, 3.05) is 6.26 Å². The van der Waals surface area contributed by atoms with E-state index in [2.05, 4.69) is 15.9 Å². The number of carbonyl (C=O) groups excluding carboxylic acids is 1. The van der Waals surface area contributed by atoms with Crippen LogP contribution in [0.15, 0.2) is 23.1 Å². The molecular formula is C11H12BrClOS. The van der Waals surface area contributed by atoms with Crippen molar-refractivity contribution in [2.24, 2.45) is 0 Å². The normalized spacial score (nSPS) is 12.5. The fraction of sp³-hybridized carbons (Fsp3) is 0.364. The highest BCUT2D eigenvalue weighted by Gasteiger charge is 2.17. The van der Waals surface area contributed by atoms with Crippen LogP contribution < -0.4 is 0 Å². The van der Waals surface area contributed by atoms with Gasteiger partial charge in [0.05, 0.1) is 0 Å². The topological polar surface area (TPSA) is 17.1 Å². The van der Waals surface area contributed by atoms with Crippen molar-refractivity contribution < 1.29 is 4.79 Å². The van der Waals surface area contributed by atoms with Gasteiger partial charge >= 0.3 is 0 Å². The van der Waals surface area contributed by atoms with Crippen LogP contribution in [-0.2, 0) is 10.1 Å². The zero-order valence-electron chi connectivity index (χ0n) is 8.59. The number of ketones is 1. The molecule has 0 radical (unpaired) electrons. The summed E-state index contributed by atoms with van der Waals surface area (Å²) in [5.74, 6) is -0.0151. The van der Waals surface area contributed by atoms with E-state index < -0.39 is 5.38 Å². The van der Waals surface area contributed by atoms with Gasteiger partial charge < -0.3 is 0 Å². The van der Waals surface area contributed by atoms with Gasteiger partial charge in [-0.25, -0.2) is 0 Å². The van der Waals surface area contributed by atoms with Gasteiger partial charge in [0.15, 0.2) is 5.78 Å². The summed E-state index contributed by atoms with van der Waals surface area (Å²) >= 11 is 11.1. The Morgan fingerprint density at radius 1 is 1.60 bits per heavy atom. The molecule has 0 saturated carbocycles. The Morgan fingerprint density at radius 3 is 2.73 bits per heavy atom. The van der Waals surface area contributed by atoms with Crippen LogP contribution in [0.25, 0.3) is 0 Å². The Kier molecular flexibility index (Phi) is 5.16. The van der Waals surface area contributed by atoms with E-state index in [9.17, 15) is 4.79 Å². The zero-order valence-corrected chi connectivity index (χ0v) is 11.7. The second kappa shape index (κ2) is 5.92. The Morgan fingerprint density at radius 2 is 2.27 bits per heavy atom. The van der Waals surface area contributed by atoms with Gasteiger partial charge in [0.1, 0.15) is 5.38 Å². The number of halogens is 2. The van der Waals surface area contributed by atoms with Gasteiger partial charge in [-0.1, -0.05) is 28.1 Å². The minimum Gasteiger partial charge on any atom is -0.298 e. The van der Waals surface area contributed by atoms with E-state index in [0.717, 1.165) is 21.4 Å². The number of hydrogen-bond donors (Lipinski definition) is 0. The third kappa shape index (κ3) is 3.23. The molecule has 15 heavy (non-hydrogen) atoms. The van der Waals surface area contributed by atoms with Crippen molar-refractivity contribution in [3.8, 4) is 0 Å². The maximum Gasteiger partial charge on any atom is 0.152 e. The SMILES string of the molecule is CSc1ccc(CBr)cc1C(Cl)C(C)=O. The molecule has 1 unspecified atom stereocenters.